The molecule has 1 aliphatic rings. The van der Waals surface area contributed by atoms with Gasteiger partial charge >= 0.3 is 16.4 Å². The number of hydrogen-bond donors (Lipinski definition) is 3. The van der Waals surface area contributed by atoms with Gasteiger partial charge in [-0.25, -0.2) is 4.57 Å². The van der Waals surface area contributed by atoms with E-state index in [1.54, 1.807) is 6.92 Å². The summed E-state index contributed by atoms with van der Waals surface area (Å²) >= 11 is 0. The van der Waals surface area contributed by atoms with E-state index in [1.165, 1.54) is 0 Å². The van der Waals surface area contributed by atoms with E-state index in [-0.39, 0.29) is 19.3 Å². The lowest BCUT2D eigenvalue weighted by Crippen LogP contribution is -2.28. The molecule has 3 N–H and O–H groups in total. The standard InChI is InChI=1S/C13H28O8P2.4C2H6/c1-3-4-5-6-7-8-19-23(16,17)21-12-9-11(2)20-13(12)10-18-22(14)15;4*1-2/h11-15H,3-10H2,1-2H3,(H,16,17);4*1-2H3. The summed E-state index contributed by atoms with van der Waals surface area (Å²) in [4.78, 5) is 27.3. The van der Waals surface area contributed by atoms with Crippen LogP contribution >= 0.6 is 16.4 Å². The van der Waals surface area contributed by atoms with Crippen molar-refractivity contribution in [2.24, 2.45) is 0 Å². The number of hydrogen-bond acceptors (Lipinski definition) is 7. The molecule has 0 aromatic heterocycles. The number of rotatable bonds is 12. The summed E-state index contributed by atoms with van der Waals surface area (Å²) in [5.41, 5.74) is 0. The molecule has 1 heterocycles. The average Bonchev–Trinajstić information content (AvgIpc) is 3.13. The van der Waals surface area contributed by atoms with Gasteiger partial charge in [-0.3, -0.25) is 9.05 Å². The van der Waals surface area contributed by atoms with Crippen molar-refractivity contribution in [1.29, 1.82) is 0 Å². The monoisotopic (exact) mass is 494 g/mol. The molecule has 10 heteroatoms. The highest BCUT2D eigenvalue weighted by molar-refractivity contribution is 7.47. The zero-order valence-electron chi connectivity index (χ0n) is 21.7. The second-order valence-corrected chi connectivity index (χ2v) is 7.80. The lowest BCUT2D eigenvalue weighted by Gasteiger charge is -2.21. The molecular weight excluding hydrogens is 442 g/mol. The maximum Gasteiger partial charge on any atom is 0.472 e. The Hall–Kier alpha value is 0.380. The lowest BCUT2D eigenvalue weighted by atomic mass is 10.1. The summed E-state index contributed by atoms with van der Waals surface area (Å²) < 4.78 is 32.3. The summed E-state index contributed by atoms with van der Waals surface area (Å²) in [6.45, 7) is 20.0. The van der Waals surface area contributed by atoms with Crippen LogP contribution in [0.5, 0.6) is 0 Å². The molecule has 0 aromatic carbocycles. The Kier molecular flexibility index (Phi) is 35.4. The van der Waals surface area contributed by atoms with Gasteiger partial charge < -0.3 is 23.9 Å². The van der Waals surface area contributed by atoms with Crippen molar-refractivity contribution >= 4 is 16.4 Å². The molecule has 4 unspecified atom stereocenters. The van der Waals surface area contributed by atoms with Crippen molar-refractivity contribution in [3.05, 3.63) is 0 Å². The smallest absolute Gasteiger partial charge is 0.370 e. The maximum absolute atomic E-state index is 12.0. The third kappa shape index (κ3) is 24.8. The fourth-order valence-corrected chi connectivity index (χ4v) is 3.67. The Morgan fingerprint density at radius 3 is 1.97 bits per heavy atom. The van der Waals surface area contributed by atoms with E-state index in [0.717, 1.165) is 25.7 Å². The van der Waals surface area contributed by atoms with E-state index in [9.17, 15) is 9.46 Å². The topological polar surface area (TPSA) is 115 Å². The fraction of sp³-hybridized carbons (Fsp3) is 1.00. The van der Waals surface area contributed by atoms with E-state index in [4.69, 9.17) is 28.1 Å². The van der Waals surface area contributed by atoms with E-state index in [0.29, 0.717) is 12.8 Å². The van der Waals surface area contributed by atoms with Gasteiger partial charge in [-0.2, -0.15) is 0 Å². The zero-order valence-corrected chi connectivity index (χ0v) is 23.5. The van der Waals surface area contributed by atoms with Crippen LogP contribution in [-0.4, -0.2) is 46.2 Å². The molecule has 8 nitrogen and oxygen atoms in total. The van der Waals surface area contributed by atoms with Gasteiger partial charge in [0.2, 0.25) is 0 Å². The first-order valence-corrected chi connectivity index (χ1v) is 14.6. The molecule has 4 atom stereocenters. The van der Waals surface area contributed by atoms with E-state index < -0.39 is 28.6 Å². The quantitative estimate of drug-likeness (QED) is 0.197. The number of phosphoric ester groups is 1. The minimum atomic E-state index is -4.16. The third-order valence-corrected chi connectivity index (χ3v) is 4.94. The van der Waals surface area contributed by atoms with E-state index in [2.05, 4.69) is 6.92 Å². The number of ether oxygens (including phenoxy) is 1. The predicted molar refractivity (Wildman–Crippen MR) is 131 cm³/mol. The molecule has 0 bridgehead atoms. The Bertz CT molecular complexity index is 373. The van der Waals surface area contributed by atoms with Crippen LogP contribution in [0.3, 0.4) is 0 Å². The molecule has 0 spiro atoms. The van der Waals surface area contributed by atoms with Crippen LogP contribution in [0.2, 0.25) is 0 Å². The van der Waals surface area contributed by atoms with Gasteiger partial charge in [0.15, 0.2) is 0 Å². The van der Waals surface area contributed by atoms with Crippen molar-refractivity contribution in [3.63, 3.8) is 0 Å². The Labute approximate surface area is 193 Å². The normalized spacial score (nSPS) is 21.2. The van der Waals surface area contributed by atoms with E-state index in [1.807, 2.05) is 55.4 Å². The van der Waals surface area contributed by atoms with Crippen molar-refractivity contribution in [2.45, 2.75) is 126 Å². The Balaban J connectivity index is -0.000000407. The highest BCUT2D eigenvalue weighted by atomic mass is 31.2. The summed E-state index contributed by atoms with van der Waals surface area (Å²) in [7, 11) is -6.66. The lowest BCUT2D eigenvalue weighted by molar-refractivity contribution is -0.0155. The molecule has 31 heavy (non-hydrogen) atoms. The van der Waals surface area contributed by atoms with Crippen LogP contribution < -0.4 is 0 Å². The van der Waals surface area contributed by atoms with Gasteiger partial charge in [-0.15, -0.1) is 0 Å². The second kappa shape index (κ2) is 28.4. The molecule has 0 saturated carbocycles. The molecule has 0 aromatic rings. The minimum absolute atomic E-state index is 0.120. The highest BCUT2D eigenvalue weighted by Crippen LogP contribution is 2.47. The van der Waals surface area contributed by atoms with Gasteiger partial charge in [0.05, 0.1) is 19.3 Å². The first-order chi connectivity index (χ1) is 14.8. The van der Waals surface area contributed by atoms with Crippen LogP contribution in [0, 0.1) is 0 Å². The highest BCUT2D eigenvalue weighted by Gasteiger charge is 2.39. The molecule has 0 amide bonds. The average molecular weight is 495 g/mol. The second-order valence-electron chi connectivity index (χ2n) is 5.63. The molecule has 1 saturated heterocycles. The molecule has 1 aliphatic heterocycles. The molecule has 1 fully saturated rings. The summed E-state index contributed by atoms with van der Waals surface area (Å²) in [6.07, 6.45) is 3.93. The van der Waals surface area contributed by atoms with Gasteiger partial charge in [0.25, 0.3) is 0 Å². The Morgan fingerprint density at radius 2 is 1.48 bits per heavy atom. The molecular formula is C21H52O8P2. The van der Waals surface area contributed by atoms with Gasteiger partial charge in [0.1, 0.15) is 12.2 Å². The molecule has 1 rings (SSSR count). The van der Waals surface area contributed by atoms with Gasteiger partial charge in [0, 0.05) is 6.42 Å². The molecule has 194 valence electrons. The summed E-state index contributed by atoms with van der Waals surface area (Å²) in [5.74, 6) is 0. The first kappa shape index (κ1) is 38.6. The van der Waals surface area contributed by atoms with Gasteiger partial charge in [-0.05, 0) is 13.3 Å². The van der Waals surface area contributed by atoms with Crippen LogP contribution in [-0.2, 0) is 22.9 Å². The van der Waals surface area contributed by atoms with Crippen molar-refractivity contribution in [1.82, 2.24) is 0 Å². The molecule has 0 aliphatic carbocycles. The van der Waals surface area contributed by atoms with Crippen molar-refractivity contribution in [3.8, 4) is 0 Å². The minimum Gasteiger partial charge on any atom is -0.370 e. The summed E-state index contributed by atoms with van der Waals surface area (Å²) in [5, 5.41) is 0. The van der Waals surface area contributed by atoms with Crippen molar-refractivity contribution < 1.29 is 37.6 Å². The van der Waals surface area contributed by atoms with Crippen LogP contribution in [0.15, 0.2) is 0 Å². The predicted octanol–water partition coefficient (Wildman–Crippen LogP) is 6.97. The van der Waals surface area contributed by atoms with E-state index >= 15 is 0 Å². The maximum atomic E-state index is 12.0. The number of phosphoric acid groups is 1. The van der Waals surface area contributed by atoms with Crippen LogP contribution in [0.1, 0.15) is 108 Å². The van der Waals surface area contributed by atoms with Crippen LogP contribution in [0.25, 0.3) is 0 Å². The Morgan fingerprint density at radius 1 is 0.968 bits per heavy atom. The fourth-order valence-electron chi connectivity index (χ4n) is 2.41. The third-order valence-electron chi connectivity index (χ3n) is 3.51. The summed E-state index contributed by atoms with van der Waals surface area (Å²) in [6, 6.07) is 0. The largest absolute Gasteiger partial charge is 0.472 e. The number of unbranched alkanes of at least 4 members (excludes halogenated alkanes) is 4. The zero-order chi connectivity index (χ0) is 25.3. The SMILES string of the molecule is CC.CC.CC.CC.CCCCCCCOP(=O)(O)OC1CC(C)OC1COP(O)O. The van der Waals surface area contributed by atoms with Crippen LogP contribution in [0.4, 0.5) is 0 Å². The molecule has 0 radical (unpaired) electrons. The van der Waals surface area contributed by atoms with Crippen molar-refractivity contribution in [2.75, 3.05) is 13.2 Å². The first-order valence-electron chi connectivity index (χ1n) is 12.0. The van der Waals surface area contributed by atoms with Gasteiger partial charge in [-0.1, -0.05) is 88.0 Å².